The van der Waals surface area contributed by atoms with E-state index in [4.69, 9.17) is 9.15 Å². The third-order valence-corrected chi connectivity index (χ3v) is 4.81. The van der Waals surface area contributed by atoms with E-state index in [0.29, 0.717) is 25.6 Å². The predicted octanol–water partition coefficient (Wildman–Crippen LogP) is 0.943. The summed E-state index contributed by atoms with van der Waals surface area (Å²) in [5, 5.41) is 2.95. The number of hydrogen-bond donors (Lipinski definition) is 2. The van der Waals surface area contributed by atoms with E-state index in [1.54, 1.807) is 18.4 Å². The minimum Gasteiger partial charge on any atom is -0.497 e. The Morgan fingerprint density at radius 3 is 2.71 bits per heavy atom. The molecule has 8 nitrogen and oxygen atoms in total. The SMILES string of the molecule is COc1ccc(S(=O)(=O)NC2=NCN(Cc3ccco3)CN2)cc1. The maximum Gasteiger partial charge on any atom is 0.264 e. The van der Waals surface area contributed by atoms with Crippen LogP contribution in [0.2, 0.25) is 0 Å². The smallest absolute Gasteiger partial charge is 0.264 e. The highest BCUT2D eigenvalue weighted by Crippen LogP contribution is 2.15. The minimum atomic E-state index is -3.69. The largest absolute Gasteiger partial charge is 0.497 e. The number of aliphatic imine (C=N–C) groups is 1. The first-order chi connectivity index (χ1) is 11.6. The van der Waals surface area contributed by atoms with Gasteiger partial charge in [-0.25, -0.2) is 18.1 Å². The number of ether oxygens (including phenoxy) is 1. The van der Waals surface area contributed by atoms with Crippen LogP contribution < -0.4 is 14.8 Å². The first kappa shape index (κ1) is 16.3. The molecule has 0 fully saturated rings. The standard InChI is InChI=1S/C15H18N4O4S/c1-22-12-4-6-14(7-5-12)24(20,21)18-15-16-10-19(11-17-15)9-13-3-2-8-23-13/h2-8H,9-11H2,1H3,(H2,16,17,18). The van der Waals surface area contributed by atoms with Crippen LogP contribution in [-0.2, 0) is 16.6 Å². The fraction of sp³-hybridized carbons (Fsp3) is 0.267. The van der Waals surface area contributed by atoms with E-state index < -0.39 is 10.0 Å². The molecule has 0 amide bonds. The first-order valence-electron chi connectivity index (χ1n) is 7.27. The number of hydrogen-bond acceptors (Lipinski definition) is 7. The Kier molecular flexibility index (Phi) is 4.72. The normalized spacial score (nSPS) is 15.5. The van der Waals surface area contributed by atoms with Gasteiger partial charge in [-0.15, -0.1) is 0 Å². The number of guanidine groups is 1. The zero-order valence-corrected chi connectivity index (χ0v) is 13.9. The van der Waals surface area contributed by atoms with Crippen molar-refractivity contribution >= 4 is 16.0 Å². The van der Waals surface area contributed by atoms with Gasteiger partial charge in [-0.1, -0.05) is 0 Å². The van der Waals surface area contributed by atoms with E-state index in [1.165, 1.54) is 19.2 Å². The number of benzene rings is 1. The lowest BCUT2D eigenvalue weighted by molar-refractivity contribution is 0.235. The van der Waals surface area contributed by atoms with E-state index in [2.05, 4.69) is 15.0 Å². The van der Waals surface area contributed by atoms with Gasteiger partial charge in [0.25, 0.3) is 10.0 Å². The molecule has 2 heterocycles. The van der Waals surface area contributed by atoms with Gasteiger partial charge in [0.05, 0.1) is 38.2 Å². The summed E-state index contributed by atoms with van der Waals surface area (Å²) in [6.07, 6.45) is 1.62. The predicted molar refractivity (Wildman–Crippen MR) is 87.9 cm³/mol. The van der Waals surface area contributed by atoms with Gasteiger partial charge >= 0.3 is 0 Å². The van der Waals surface area contributed by atoms with Gasteiger partial charge in [0, 0.05) is 0 Å². The summed E-state index contributed by atoms with van der Waals surface area (Å²) in [4.78, 5) is 6.33. The molecule has 2 N–H and O–H groups in total. The Labute approximate surface area is 140 Å². The molecule has 0 spiro atoms. The van der Waals surface area contributed by atoms with Gasteiger partial charge in [-0.3, -0.25) is 4.90 Å². The average Bonchev–Trinajstić information content (AvgIpc) is 3.09. The molecule has 3 rings (SSSR count). The zero-order valence-electron chi connectivity index (χ0n) is 13.1. The fourth-order valence-electron chi connectivity index (χ4n) is 2.20. The lowest BCUT2D eigenvalue weighted by Crippen LogP contribution is -2.49. The molecular formula is C15H18N4O4S. The van der Waals surface area contributed by atoms with Crippen LogP contribution in [-0.4, -0.2) is 39.7 Å². The Balaban J connectivity index is 1.62. The van der Waals surface area contributed by atoms with Crippen molar-refractivity contribution < 1.29 is 17.6 Å². The van der Waals surface area contributed by atoms with Crippen LogP contribution in [0.4, 0.5) is 0 Å². The molecule has 0 saturated heterocycles. The highest BCUT2D eigenvalue weighted by molar-refractivity contribution is 7.90. The maximum absolute atomic E-state index is 12.3. The summed E-state index contributed by atoms with van der Waals surface area (Å²) in [7, 11) is -2.16. The molecule has 9 heteroatoms. The van der Waals surface area contributed by atoms with Gasteiger partial charge in [-0.05, 0) is 36.4 Å². The summed E-state index contributed by atoms with van der Waals surface area (Å²) in [5.41, 5.74) is 0. The van der Waals surface area contributed by atoms with Crippen molar-refractivity contribution in [3.63, 3.8) is 0 Å². The van der Waals surface area contributed by atoms with Gasteiger partial charge < -0.3 is 14.5 Å². The van der Waals surface area contributed by atoms with Crippen molar-refractivity contribution in [2.45, 2.75) is 11.4 Å². The van der Waals surface area contributed by atoms with Crippen molar-refractivity contribution in [2.24, 2.45) is 4.99 Å². The molecular weight excluding hydrogens is 332 g/mol. The number of nitrogens with one attached hydrogen (secondary N) is 2. The number of rotatable bonds is 5. The molecule has 1 aliphatic heterocycles. The summed E-state index contributed by atoms with van der Waals surface area (Å²) >= 11 is 0. The van der Waals surface area contributed by atoms with Gasteiger partial charge in [0.15, 0.2) is 0 Å². The van der Waals surface area contributed by atoms with Crippen molar-refractivity contribution in [3.8, 4) is 5.75 Å². The zero-order chi connectivity index (χ0) is 17.0. The van der Waals surface area contributed by atoms with Crippen molar-refractivity contribution in [3.05, 3.63) is 48.4 Å². The quantitative estimate of drug-likeness (QED) is 0.833. The molecule has 0 bridgehead atoms. The molecule has 0 atom stereocenters. The molecule has 0 aliphatic carbocycles. The molecule has 1 aliphatic rings. The molecule has 128 valence electrons. The van der Waals surface area contributed by atoms with E-state index in [0.717, 1.165) is 5.76 Å². The second-order valence-electron chi connectivity index (χ2n) is 5.17. The van der Waals surface area contributed by atoms with Crippen LogP contribution in [0.1, 0.15) is 5.76 Å². The Hall–Kier alpha value is -2.52. The van der Waals surface area contributed by atoms with Gasteiger partial charge in [0.1, 0.15) is 11.5 Å². The molecule has 1 aromatic heterocycles. The number of nitrogens with zero attached hydrogens (tertiary/aromatic N) is 2. The average molecular weight is 350 g/mol. The number of sulfonamides is 1. The van der Waals surface area contributed by atoms with E-state index >= 15 is 0 Å². The Morgan fingerprint density at radius 2 is 2.12 bits per heavy atom. The fourth-order valence-corrected chi connectivity index (χ4v) is 3.21. The third-order valence-electron chi connectivity index (χ3n) is 3.46. The second kappa shape index (κ2) is 6.93. The Morgan fingerprint density at radius 1 is 1.33 bits per heavy atom. The van der Waals surface area contributed by atoms with Crippen LogP contribution in [0.25, 0.3) is 0 Å². The maximum atomic E-state index is 12.3. The van der Waals surface area contributed by atoms with Crippen molar-refractivity contribution in [1.82, 2.24) is 14.9 Å². The topological polar surface area (TPSA) is 96.2 Å². The van der Waals surface area contributed by atoms with Gasteiger partial charge in [-0.2, -0.15) is 0 Å². The summed E-state index contributed by atoms with van der Waals surface area (Å²) < 4.78 is 37.4. The van der Waals surface area contributed by atoms with Crippen LogP contribution in [0.15, 0.2) is 57.0 Å². The van der Waals surface area contributed by atoms with Crippen molar-refractivity contribution in [1.29, 1.82) is 0 Å². The molecule has 0 saturated carbocycles. The second-order valence-corrected chi connectivity index (χ2v) is 6.85. The number of furan rings is 1. The highest BCUT2D eigenvalue weighted by atomic mass is 32.2. The van der Waals surface area contributed by atoms with Crippen LogP contribution >= 0.6 is 0 Å². The van der Waals surface area contributed by atoms with E-state index in [9.17, 15) is 8.42 Å². The molecule has 24 heavy (non-hydrogen) atoms. The number of methoxy groups -OCH3 is 1. The lowest BCUT2D eigenvalue weighted by atomic mass is 10.3. The van der Waals surface area contributed by atoms with Crippen LogP contribution in [0.3, 0.4) is 0 Å². The van der Waals surface area contributed by atoms with E-state index in [-0.39, 0.29) is 10.9 Å². The first-order valence-corrected chi connectivity index (χ1v) is 8.75. The Bertz CT molecular complexity index is 801. The molecule has 0 radical (unpaired) electrons. The molecule has 0 unspecified atom stereocenters. The summed E-state index contributed by atoms with van der Waals surface area (Å²) in [6.45, 7) is 1.43. The summed E-state index contributed by atoms with van der Waals surface area (Å²) in [6, 6.07) is 9.85. The van der Waals surface area contributed by atoms with Crippen LogP contribution in [0, 0.1) is 0 Å². The molecule has 1 aromatic carbocycles. The van der Waals surface area contributed by atoms with E-state index in [1.807, 2.05) is 17.0 Å². The minimum absolute atomic E-state index is 0.144. The summed E-state index contributed by atoms with van der Waals surface area (Å²) in [5.74, 6) is 1.64. The highest BCUT2D eigenvalue weighted by Gasteiger charge is 2.20. The third kappa shape index (κ3) is 3.87. The monoisotopic (exact) mass is 350 g/mol. The van der Waals surface area contributed by atoms with Gasteiger partial charge in [0.2, 0.25) is 5.96 Å². The molecule has 2 aromatic rings. The lowest BCUT2D eigenvalue weighted by Gasteiger charge is -2.26. The van der Waals surface area contributed by atoms with Crippen molar-refractivity contribution in [2.75, 3.05) is 20.4 Å². The van der Waals surface area contributed by atoms with Crippen LogP contribution in [0.5, 0.6) is 5.75 Å².